The van der Waals surface area contributed by atoms with Gasteiger partial charge in [-0.3, -0.25) is 9.36 Å². The topological polar surface area (TPSA) is 146 Å². The number of aromatic nitrogens is 2. The maximum atomic E-state index is 13.4. The fourth-order valence-electron chi connectivity index (χ4n) is 3.06. The lowest BCUT2D eigenvalue weighted by Crippen LogP contribution is -2.33. The number of carboxylic acid groups (broad SMARTS) is 1. The second kappa shape index (κ2) is 9.45. The van der Waals surface area contributed by atoms with Crippen LogP contribution in [0.4, 0.5) is 15.3 Å². The van der Waals surface area contributed by atoms with E-state index in [2.05, 4.69) is 20.9 Å². The highest BCUT2D eigenvalue weighted by atomic mass is 35.5. The zero-order valence-corrected chi connectivity index (χ0v) is 17.2. The molecule has 1 unspecified atom stereocenters. The monoisotopic (exact) mass is 445 g/mol. The van der Waals surface area contributed by atoms with E-state index in [1.807, 2.05) is 0 Å². The first-order valence-corrected chi connectivity index (χ1v) is 9.66. The van der Waals surface area contributed by atoms with E-state index in [9.17, 15) is 14.4 Å². The molecular formula is C20H20ClN5O5. The minimum Gasteiger partial charge on any atom is -0.465 e. The van der Waals surface area contributed by atoms with Gasteiger partial charge < -0.3 is 26.2 Å². The van der Waals surface area contributed by atoms with Crippen LogP contribution in [-0.4, -0.2) is 45.0 Å². The molecular weight excluding hydrogens is 426 g/mol. The number of nitrogens with zero attached hydrogens (tertiary/aromatic N) is 2. The predicted octanol–water partition coefficient (Wildman–Crippen LogP) is 2.48. The molecule has 0 bridgehead atoms. The third kappa shape index (κ3) is 4.93. The first-order valence-electron chi connectivity index (χ1n) is 9.28. The molecule has 0 saturated carbocycles. The fourth-order valence-corrected chi connectivity index (χ4v) is 3.31. The van der Waals surface area contributed by atoms with Crippen LogP contribution in [0.5, 0.6) is 0 Å². The number of aliphatic hydroxyl groups is 1. The maximum absolute atomic E-state index is 13.4. The number of benzene rings is 2. The molecule has 0 aliphatic carbocycles. The van der Waals surface area contributed by atoms with Gasteiger partial charge in [0, 0.05) is 12.2 Å². The summed E-state index contributed by atoms with van der Waals surface area (Å²) in [5, 5.41) is 25.7. The van der Waals surface area contributed by atoms with E-state index >= 15 is 0 Å². The Balaban J connectivity index is 2.16. The van der Waals surface area contributed by atoms with Crippen LogP contribution in [-0.2, 0) is 0 Å². The van der Waals surface area contributed by atoms with E-state index in [1.54, 1.807) is 49.4 Å². The van der Waals surface area contributed by atoms with Gasteiger partial charge in [-0.15, -0.1) is 0 Å². The molecule has 0 aliphatic rings. The number of fused-ring (bicyclic) bond motifs is 1. The summed E-state index contributed by atoms with van der Waals surface area (Å²) in [4.78, 5) is 40.9. The van der Waals surface area contributed by atoms with Gasteiger partial charge in [0.1, 0.15) is 5.82 Å². The summed E-state index contributed by atoms with van der Waals surface area (Å²) >= 11 is 6.24. The van der Waals surface area contributed by atoms with Gasteiger partial charge in [-0.25, -0.2) is 14.6 Å². The van der Waals surface area contributed by atoms with E-state index in [0.29, 0.717) is 16.9 Å². The van der Waals surface area contributed by atoms with Gasteiger partial charge in [-0.1, -0.05) is 23.7 Å². The Morgan fingerprint density at radius 3 is 2.68 bits per heavy atom. The van der Waals surface area contributed by atoms with Crippen molar-refractivity contribution >= 4 is 40.3 Å². The van der Waals surface area contributed by atoms with E-state index < -0.39 is 23.7 Å². The SMILES string of the molecule is CC(NC(=O)O)c1nc2cccc(Cl)c2c(=O)n1-c1cccc(NC(=O)NCCO)c1. The number of anilines is 1. The van der Waals surface area contributed by atoms with Crippen LogP contribution < -0.4 is 21.5 Å². The summed E-state index contributed by atoms with van der Waals surface area (Å²) in [5.74, 6) is 0.157. The largest absolute Gasteiger partial charge is 0.465 e. The van der Waals surface area contributed by atoms with Crippen LogP contribution in [0.2, 0.25) is 5.02 Å². The Morgan fingerprint density at radius 1 is 1.23 bits per heavy atom. The molecule has 2 aromatic carbocycles. The van der Waals surface area contributed by atoms with Crippen LogP contribution in [0.15, 0.2) is 47.3 Å². The molecule has 0 fully saturated rings. The van der Waals surface area contributed by atoms with Crippen molar-refractivity contribution in [3.63, 3.8) is 0 Å². The highest BCUT2D eigenvalue weighted by Gasteiger charge is 2.20. The number of carbonyl (C=O) groups excluding carboxylic acids is 1. The normalized spacial score (nSPS) is 11.7. The zero-order chi connectivity index (χ0) is 22.5. The Morgan fingerprint density at radius 2 is 1.97 bits per heavy atom. The zero-order valence-electron chi connectivity index (χ0n) is 16.4. The number of urea groups is 1. The summed E-state index contributed by atoms with van der Waals surface area (Å²) in [6.07, 6.45) is -1.27. The number of rotatable bonds is 6. The molecule has 0 radical (unpaired) electrons. The molecule has 10 nitrogen and oxygen atoms in total. The van der Waals surface area contributed by atoms with Crippen LogP contribution in [0.1, 0.15) is 18.8 Å². The third-order valence-corrected chi connectivity index (χ3v) is 4.67. The lowest BCUT2D eigenvalue weighted by Gasteiger charge is -2.19. The maximum Gasteiger partial charge on any atom is 0.405 e. The average molecular weight is 446 g/mol. The summed E-state index contributed by atoms with van der Waals surface area (Å²) in [7, 11) is 0. The molecule has 162 valence electrons. The van der Waals surface area contributed by atoms with Crippen LogP contribution in [0.25, 0.3) is 16.6 Å². The molecule has 0 aliphatic heterocycles. The van der Waals surface area contributed by atoms with E-state index in [4.69, 9.17) is 21.8 Å². The standard InChI is InChI=1S/C20H20ClN5O5/c1-11(23-20(30)31)17-25-15-7-3-6-14(21)16(15)18(28)26(17)13-5-2-4-12(10-13)24-19(29)22-8-9-27/h2-7,10-11,23,27H,8-9H2,1H3,(H,30,31)(H2,22,24,29). The molecule has 31 heavy (non-hydrogen) atoms. The van der Waals surface area contributed by atoms with Crippen LogP contribution >= 0.6 is 11.6 Å². The second-order valence-corrected chi connectivity index (χ2v) is 6.98. The van der Waals surface area contributed by atoms with E-state index in [1.165, 1.54) is 4.57 Å². The molecule has 0 spiro atoms. The number of halogens is 1. The second-order valence-electron chi connectivity index (χ2n) is 6.57. The summed E-state index contributed by atoms with van der Waals surface area (Å²) in [6.45, 7) is 1.44. The summed E-state index contributed by atoms with van der Waals surface area (Å²) < 4.78 is 1.26. The molecule has 3 amide bonds. The Kier molecular flexibility index (Phi) is 6.73. The first kappa shape index (κ1) is 22.1. The van der Waals surface area contributed by atoms with Crippen molar-refractivity contribution in [2.75, 3.05) is 18.5 Å². The Hall–Kier alpha value is -3.63. The number of amides is 3. The predicted molar refractivity (Wildman–Crippen MR) is 116 cm³/mol. The molecule has 0 saturated heterocycles. The van der Waals surface area contributed by atoms with Gasteiger partial charge in [0.2, 0.25) is 0 Å². The molecule has 3 rings (SSSR count). The minimum absolute atomic E-state index is 0.0839. The molecule has 1 heterocycles. The van der Waals surface area contributed by atoms with Crippen molar-refractivity contribution in [3.05, 3.63) is 63.7 Å². The summed E-state index contributed by atoms with van der Waals surface area (Å²) in [5.41, 5.74) is 0.587. The number of hydrogen-bond donors (Lipinski definition) is 5. The smallest absolute Gasteiger partial charge is 0.405 e. The van der Waals surface area contributed by atoms with Crippen molar-refractivity contribution in [1.29, 1.82) is 0 Å². The average Bonchev–Trinajstić information content (AvgIpc) is 2.71. The molecule has 11 heteroatoms. The quantitative estimate of drug-likeness (QED) is 0.394. The Labute approximate surface area is 181 Å². The molecule has 3 aromatic rings. The van der Waals surface area contributed by atoms with Gasteiger partial charge in [0.25, 0.3) is 5.56 Å². The van der Waals surface area contributed by atoms with Crippen molar-refractivity contribution in [2.24, 2.45) is 0 Å². The lowest BCUT2D eigenvalue weighted by atomic mass is 10.2. The molecule has 1 aromatic heterocycles. The van der Waals surface area contributed by atoms with Crippen molar-refractivity contribution in [1.82, 2.24) is 20.2 Å². The first-order chi connectivity index (χ1) is 14.8. The van der Waals surface area contributed by atoms with Gasteiger partial charge in [0.15, 0.2) is 0 Å². The van der Waals surface area contributed by atoms with Crippen LogP contribution in [0.3, 0.4) is 0 Å². The van der Waals surface area contributed by atoms with Gasteiger partial charge in [-0.2, -0.15) is 0 Å². The van der Waals surface area contributed by atoms with Crippen molar-refractivity contribution in [2.45, 2.75) is 13.0 Å². The van der Waals surface area contributed by atoms with E-state index in [0.717, 1.165) is 0 Å². The number of hydrogen-bond acceptors (Lipinski definition) is 5. The number of aliphatic hydroxyl groups excluding tert-OH is 1. The highest BCUT2D eigenvalue weighted by Crippen LogP contribution is 2.24. The molecule has 1 atom stereocenters. The highest BCUT2D eigenvalue weighted by molar-refractivity contribution is 6.35. The number of carbonyl (C=O) groups is 2. The molecule has 5 N–H and O–H groups in total. The Bertz CT molecular complexity index is 1200. The number of nitrogens with one attached hydrogen (secondary N) is 3. The van der Waals surface area contributed by atoms with Gasteiger partial charge in [-0.05, 0) is 37.3 Å². The third-order valence-electron chi connectivity index (χ3n) is 4.36. The van der Waals surface area contributed by atoms with Gasteiger partial charge in [0.05, 0.1) is 34.3 Å². The fraction of sp³-hybridized carbons (Fsp3) is 0.200. The van der Waals surface area contributed by atoms with Crippen LogP contribution in [0, 0.1) is 0 Å². The minimum atomic E-state index is -1.27. The lowest BCUT2D eigenvalue weighted by molar-refractivity contribution is 0.190. The van der Waals surface area contributed by atoms with E-state index in [-0.39, 0.29) is 29.4 Å². The summed E-state index contributed by atoms with van der Waals surface area (Å²) in [6, 6.07) is 9.90. The van der Waals surface area contributed by atoms with Crippen molar-refractivity contribution in [3.8, 4) is 5.69 Å². The van der Waals surface area contributed by atoms with Crippen molar-refractivity contribution < 1.29 is 19.8 Å². The van der Waals surface area contributed by atoms with Gasteiger partial charge >= 0.3 is 12.1 Å².